The van der Waals surface area contributed by atoms with Crippen molar-refractivity contribution >= 4 is 16.9 Å². The van der Waals surface area contributed by atoms with Gasteiger partial charge in [-0.25, -0.2) is 0 Å². The molecule has 1 saturated heterocycles. The number of halogens is 3. The zero-order valence-corrected chi connectivity index (χ0v) is 19.0. The highest BCUT2D eigenvalue weighted by atomic mass is 19.4. The first-order valence-electron chi connectivity index (χ1n) is 11.2. The number of aliphatic hydroxyl groups excluding tert-OH is 3. The van der Waals surface area contributed by atoms with E-state index in [1.165, 1.54) is 6.07 Å². The summed E-state index contributed by atoms with van der Waals surface area (Å²) in [5.41, 5.74) is 1.13. The maximum absolute atomic E-state index is 13.1. The van der Waals surface area contributed by atoms with Gasteiger partial charge in [0.2, 0.25) is 5.62 Å². The number of alkyl halides is 3. The molecule has 2 unspecified atom stereocenters. The Morgan fingerprint density at radius 2 is 2.03 bits per heavy atom. The molecule has 4 rings (SSSR count). The Morgan fingerprint density at radius 3 is 2.69 bits per heavy atom. The molecule has 11 heteroatoms. The topological polar surface area (TPSA) is 114 Å². The molecule has 1 aliphatic rings. The van der Waals surface area contributed by atoms with E-state index in [0.717, 1.165) is 36.7 Å². The van der Waals surface area contributed by atoms with E-state index in [0.29, 0.717) is 11.0 Å². The maximum atomic E-state index is 13.1. The van der Waals surface area contributed by atoms with Crippen molar-refractivity contribution in [2.45, 2.75) is 43.8 Å². The normalized spacial score (nSPS) is 20.6. The lowest BCUT2D eigenvalue weighted by Crippen LogP contribution is -2.27. The van der Waals surface area contributed by atoms with E-state index >= 15 is 0 Å². The number of rotatable bonds is 6. The number of likely N-dealkylation sites (tertiary alicyclic amines) is 1. The van der Waals surface area contributed by atoms with Crippen LogP contribution in [0.4, 0.5) is 13.2 Å². The number of H-pyrrole nitrogens is 1. The zero-order chi connectivity index (χ0) is 25.3. The molecule has 1 fully saturated rings. The summed E-state index contributed by atoms with van der Waals surface area (Å²) in [5, 5.41) is 29.4. The van der Waals surface area contributed by atoms with Crippen LogP contribution in [0.2, 0.25) is 0 Å². The lowest BCUT2D eigenvalue weighted by Gasteiger charge is -2.19. The summed E-state index contributed by atoms with van der Waals surface area (Å²) in [7, 11) is 1.84. The quantitative estimate of drug-likeness (QED) is 0.421. The van der Waals surface area contributed by atoms with Crippen LogP contribution >= 0.6 is 0 Å². The first-order valence-corrected chi connectivity index (χ1v) is 11.2. The van der Waals surface area contributed by atoms with Crippen molar-refractivity contribution < 1.29 is 33.3 Å². The smallest absolute Gasteiger partial charge is 0.394 e. The van der Waals surface area contributed by atoms with Crippen molar-refractivity contribution in [3.8, 4) is 0 Å². The van der Waals surface area contributed by atoms with E-state index < -0.39 is 36.6 Å². The molecule has 35 heavy (non-hydrogen) atoms. The molecule has 2 heterocycles. The van der Waals surface area contributed by atoms with Gasteiger partial charge in [-0.1, -0.05) is 12.1 Å². The number of aryl methyl sites for hydroxylation is 1. The molecule has 4 N–H and O–H groups in total. The Morgan fingerprint density at radius 1 is 1.26 bits per heavy atom. The van der Waals surface area contributed by atoms with Crippen LogP contribution in [0.25, 0.3) is 11.0 Å². The highest BCUT2D eigenvalue weighted by Gasteiger charge is 2.32. The van der Waals surface area contributed by atoms with E-state index in [1.807, 2.05) is 30.1 Å². The van der Waals surface area contributed by atoms with Gasteiger partial charge in [-0.3, -0.25) is 9.69 Å². The number of carbonyl (C=O) groups excluding carboxylic acids is 1. The van der Waals surface area contributed by atoms with Gasteiger partial charge in [0.15, 0.2) is 0 Å². The van der Waals surface area contributed by atoms with Crippen LogP contribution < -0.4 is 5.62 Å². The third kappa shape index (κ3) is 5.32. The van der Waals surface area contributed by atoms with Gasteiger partial charge in [0.05, 0.1) is 29.3 Å². The number of amides is 1. The number of nitrogens with one attached hydrogen (secondary N) is 1. The summed E-state index contributed by atoms with van der Waals surface area (Å²) in [5.74, 6) is -0.948. The molecule has 1 aliphatic heterocycles. The number of likely N-dealkylation sites (N-methyl/N-ethyl adjacent to an activating group) is 1. The molecule has 1 aromatic heterocycles. The number of hydrogen-bond acceptors (Lipinski definition) is 5. The second-order valence-electron chi connectivity index (χ2n) is 8.79. The van der Waals surface area contributed by atoms with Crippen LogP contribution in [0.3, 0.4) is 0 Å². The summed E-state index contributed by atoms with van der Waals surface area (Å²) in [4.78, 5) is 21.7. The predicted molar refractivity (Wildman–Crippen MR) is 121 cm³/mol. The second-order valence-corrected chi connectivity index (χ2v) is 8.79. The zero-order valence-electron chi connectivity index (χ0n) is 19.0. The maximum Gasteiger partial charge on any atom is 0.416 e. The Hall–Kier alpha value is -2.99. The first kappa shape index (κ1) is 25.1. The van der Waals surface area contributed by atoms with Crippen LogP contribution in [0.15, 0.2) is 47.5 Å². The summed E-state index contributed by atoms with van der Waals surface area (Å²) in [6.45, 7) is 0.514. The Kier molecular flexibility index (Phi) is 7.13. The summed E-state index contributed by atoms with van der Waals surface area (Å²) in [6, 6.07) is 9.59. The van der Waals surface area contributed by atoms with Crippen LogP contribution in [0, 0.1) is 0 Å². The lowest BCUT2D eigenvalue weighted by molar-refractivity contribution is -0.137. The number of hydrogen-bond donors (Lipinski definition) is 4. The number of carbonyl (C=O) groups is 1. The van der Waals surface area contributed by atoms with E-state index in [2.05, 4.69) is 9.98 Å². The molecule has 1 amide bonds. The Labute approximate surface area is 199 Å². The van der Waals surface area contributed by atoms with Crippen molar-refractivity contribution in [2.24, 2.45) is 4.99 Å². The number of fused-ring (bicyclic) bond motifs is 1. The van der Waals surface area contributed by atoms with Gasteiger partial charge >= 0.3 is 6.18 Å². The number of nitrogens with zero attached hydrogens (tertiary/aromatic N) is 3. The number of benzene rings is 2. The van der Waals surface area contributed by atoms with E-state index in [4.69, 9.17) is 0 Å². The summed E-state index contributed by atoms with van der Waals surface area (Å²) in [6.07, 6.45) is -5.25. The third-order valence-electron chi connectivity index (χ3n) is 6.39. The van der Waals surface area contributed by atoms with Gasteiger partial charge in [-0.2, -0.15) is 18.2 Å². The molecule has 0 spiro atoms. The molecule has 3 atom stereocenters. The van der Waals surface area contributed by atoms with Gasteiger partial charge in [0.25, 0.3) is 5.91 Å². The summed E-state index contributed by atoms with van der Waals surface area (Å²) < 4.78 is 40.9. The van der Waals surface area contributed by atoms with Crippen LogP contribution in [-0.4, -0.2) is 68.2 Å². The van der Waals surface area contributed by atoms with Crippen LogP contribution in [0.5, 0.6) is 0 Å². The predicted octanol–water partition coefficient (Wildman–Crippen LogP) is 2.21. The largest absolute Gasteiger partial charge is 0.416 e. The number of aromatic amines is 1. The SMILES string of the molecule is CN1CCC(c2ccc3c(c2)[nH]/c(=N\C(=O)c2cccc(C(F)(F)F)c2)n3CCC(O)CO)[C@H]1O. The highest BCUT2D eigenvalue weighted by Crippen LogP contribution is 2.32. The molecule has 3 aromatic rings. The van der Waals surface area contributed by atoms with E-state index in [9.17, 15) is 33.3 Å². The lowest BCUT2D eigenvalue weighted by atomic mass is 9.96. The molecular weight excluding hydrogens is 465 g/mol. The van der Waals surface area contributed by atoms with Gasteiger partial charge in [0.1, 0.15) is 6.23 Å². The summed E-state index contributed by atoms with van der Waals surface area (Å²) >= 11 is 0. The number of imidazole rings is 1. The van der Waals surface area contributed by atoms with Crippen LogP contribution in [-0.2, 0) is 12.7 Å². The van der Waals surface area contributed by atoms with Gasteiger partial charge in [-0.15, -0.1) is 0 Å². The number of aliphatic hydroxyl groups is 3. The molecule has 0 bridgehead atoms. The fraction of sp³-hybridized carbons (Fsp3) is 0.417. The van der Waals surface area contributed by atoms with Gasteiger partial charge in [-0.05, 0) is 55.8 Å². The molecule has 0 aliphatic carbocycles. The molecule has 0 radical (unpaired) electrons. The van der Waals surface area contributed by atoms with Crippen molar-refractivity contribution in [1.82, 2.24) is 14.5 Å². The van der Waals surface area contributed by atoms with Crippen molar-refractivity contribution in [2.75, 3.05) is 20.2 Å². The van der Waals surface area contributed by atoms with Crippen LogP contribution in [0.1, 0.15) is 40.2 Å². The third-order valence-corrected chi connectivity index (χ3v) is 6.39. The van der Waals surface area contributed by atoms with Gasteiger partial charge in [0, 0.05) is 24.6 Å². The van der Waals surface area contributed by atoms with Crippen molar-refractivity contribution in [3.05, 3.63) is 64.8 Å². The minimum atomic E-state index is -4.59. The molecule has 0 saturated carbocycles. The van der Waals surface area contributed by atoms with E-state index in [-0.39, 0.29) is 30.1 Å². The van der Waals surface area contributed by atoms with Crippen molar-refractivity contribution in [3.63, 3.8) is 0 Å². The van der Waals surface area contributed by atoms with Gasteiger partial charge < -0.3 is 24.9 Å². The Bertz CT molecular complexity index is 1280. The minimum absolute atomic E-state index is 0.0931. The first-order chi connectivity index (χ1) is 16.6. The molecule has 188 valence electrons. The highest BCUT2D eigenvalue weighted by molar-refractivity contribution is 5.95. The average molecular weight is 492 g/mol. The molecular formula is C24H27F3N4O4. The molecule has 2 aromatic carbocycles. The average Bonchev–Trinajstić information content (AvgIpc) is 3.35. The molecule has 8 nitrogen and oxygen atoms in total. The second kappa shape index (κ2) is 9.94. The standard InChI is InChI=1S/C24H27F3N4O4/c1-30-9-8-18(22(30)35)14-5-6-20-19(12-14)28-23(31(20)10-7-17(33)13-32)29-21(34)15-3-2-4-16(11-15)24(25,26)27/h2-6,11-12,17-18,22,32-33,35H,7-10,13H2,1H3,(H,28,29,34)/t17?,18?,22-/m1/s1. The van der Waals surface area contributed by atoms with Crippen molar-refractivity contribution in [1.29, 1.82) is 0 Å². The Balaban J connectivity index is 1.76. The number of aromatic nitrogens is 2. The monoisotopic (exact) mass is 492 g/mol. The minimum Gasteiger partial charge on any atom is -0.394 e. The fourth-order valence-electron chi connectivity index (χ4n) is 4.37. The van der Waals surface area contributed by atoms with E-state index in [1.54, 1.807) is 4.57 Å². The fourth-order valence-corrected chi connectivity index (χ4v) is 4.37.